The van der Waals surface area contributed by atoms with Crippen LogP contribution in [0.15, 0.2) is 24.3 Å². The number of aldehydes is 1. The molecule has 0 aliphatic rings. The summed E-state index contributed by atoms with van der Waals surface area (Å²) >= 11 is 0. The maximum absolute atomic E-state index is 12.7. The predicted octanol–water partition coefficient (Wildman–Crippen LogP) is 3.98. The van der Waals surface area contributed by atoms with Crippen LogP contribution in [0.2, 0.25) is 0 Å². The van der Waals surface area contributed by atoms with Gasteiger partial charge in [0.25, 0.3) is 0 Å². The fraction of sp³-hybridized carbons (Fsp3) is 0.231. The van der Waals surface area contributed by atoms with Crippen LogP contribution in [0.25, 0.3) is 0 Å². The van der Waals surface area contributed by atoms with E-state index in [-0.39, 0.29) is 12.0 Å². The molecule has 0 amide bonds. The summed E-state index contributed by atoms with van der Waals surface area (Å²) in [5, 5.41) is 4.96. The van der Waals surface area contributed by atoms with Crippen molar-refractivity contribution in [2.75, 3.05) is 0 Å². The third-order valence-corrected chi connectivity index (χ3v) is 2.77. The van der Waals surface area contributed by atoms with Crippen molar-refractivity contribution >= 4 is 6.29 Å². The van der Waals surface area contributed by atoms with Crippen LogP contribution in [0.3, 0.4) is 0 Å². The molecule has 1 heterocycles. The Morgan fingerprint density at radius 2 is 1.83 bits per heavy atom. The summed E-state index contributed by atoms with van der Waals surface area (Å²) in [6, 6.07) is 3.58. The van der Waals surface area contributed by atoms with Crippen molar-refractivity contribution in [3.05, 3.63) is 41.1 Å². The molecule has 2 aromatic rings. The van der Waals surface area contributed by atoms with E-state index in [1.165, 1.54) is 0 Å². The van der Waals surface area contributed by atoms with E-state index in [9.17, 15) is 31.1 Å². The zero-order valence-electron chi connectivity index (χ0n) is 11.1. The van der Waals surface area contributed by atoms with E-state index in [1.54, 1.807) is 0 Å². The smallest absolute Gasteiger partial charge is 0.435 e. The number of nitrogens with zero attached hydrogens (tertiary/aromatic N) is 1. The Bertz CT molecular complexity index is 705. The van der Waals surface area contributed by atoms with Crippen LogP contribution < -0.4 is 4.74 Å². The molecule has 0 aliphatic heterocycles. The zero-order chi connectivity index (χ0) is 17.3. The van der Waals surface area contributed by atoms with Gasteiger partial charge in [0.15, 0.2) is 5.69 Å². The molecule has 0 saturated heterocycles. The standard InChI is InChI=1S/C13H8F6N2O2/c14-12(15,16)7-2-1-3-8(6-7)23-11-9(4-5-22)10(20-21-11)13(17,18)19/h1-3,5-6H,4H2,(H,20,21). The number of benzene rings is 1. The molecule has 124 valence electrons. The molecule has 0 aliphatic carbocycles. The number of aromatic amines is 1. The molecule has 0 unspecified atom stereocenters. The van der Waals surface area contributed by atoms with Gasteiger partial charge >= 0.3 is 12.4 Å². The SMILES string of the molecule is O=CCc1c(C(F)(F)F)n[nH]c1Oc1cccc(C(F)(F)F)c1. The quantitative estimate of drug-likeness (QED) is 0.678. The molecular weight excluding hydrogens is 330 g/mol. The van der Waals surface area contributed by atoms with E-state index < -0.39 is 41.5 Å². The largest absolute Gasteiger partial charge is 0.439 e. The Balaban J connectivity index is 2.37. The number of carbonyl (C=O) groups is 1. The van der Waals surface area contributed by atoms with Crippen LogP contribution in [-0.2, 0) is 23.6 Å². The van der Waals surface area contributed by atoms with Gasteiger partial charge in [-0.15, -0.1) is 0 Å². The lowest BCUT2D eigenvalue weighted by Gasteiger charge is -2.10. The van der Waals surface area contributed by atoms with Crippen molar-refractivity contribution in [3.8, 4) is 11.6 Å². The van der Waals surface area contributed by atoms with Gasteiger partial charge in [-0.05, 0) is 18.2 Å². The summed E-state index contributed by atoms with van der Waals surface area (Å²) in [5.41, 5.74) is -2.96. The van der Waals surface area contributed by atoms with Crippen molar-refractivity contribution in [2.24, 2.45) is 0 Å². The summed E-state index contributed by atoms with van der Waals surface area (Å²) < 4.78 is 81.0. The number of carbonyl (C=O) groups excluding carboxylic acids is 1. The first kappa shape index (κ1) is 16.8. The first-order valence-corrected chi connectivity index (χ1v) is 6.06. The van der Waals surface area contributed by atoms with Gasteiger partial charge in [-0.2, -0.15) is 31.4 Å². The summed E-state index contributed by atoms with van der Waals surface area (Å²) in [4.78, 5) is 10.5. The van der Waals surface area contributed by atoms with E-state index >= 15 is 0 Å². The number of nitrogens with one attached hydrogen (secondary N) is 1. The van der Waals surface area contributed by atoms with Gasteiger partial charge in [0.1, 0.15) is 12.0 Å². The summed E-state index contributed by atoms with van der Waals surface area (Å²) in [6.45, 7) is 0. The molecule has 2 rings (SSSR count). The Labute approximate surface area is 125 Å². The molecule has 1 N–H and O–H groups in total. The van der Waals surface area contributed by atoms with Gasteiger partial charge < -0.3 is 9.53 Å². The van der Waals surface area contributed by atoms with Crippen molar-refractivity contribution in [1.82, 2.24) is 10.2 Å². The van der Waals surface area contributed by atoms with Crippen LogP contribution in [0.1, 0.15) is 16.8 Å². The lowest BCUT2D eigenvalue weighted by molar-refractivity contribution is -0.141. The van der Waals surface area contributed by atoms with Crippen molar-refractivity contribution in [3.63, 3.8) is 0 Å². The monoisotopic (exact) mass is 338 g/mol. The first-order chi connectivity index (χ1) is 10.6. The van der Waals surface area contributed by atoms with Crippen LogP contribution in [0.4, 0.5) is 26.3 Å². The molecular formula is C13H8F6N2O2. The van der Waals surface area contributed by atoms with Crippen LogP contribution in [0.5, 0.6) is 11.6 Å². The average Bonchev–Trinajstić information content (AvgIpc) is 2.82. The molecule has 23 heavy (non-hydrogen) atoms. The highest BCUT2D eigenvalue weighted by Crippen LogP contribution is 2.37. The molecule has 0 atom stereocenters. The van der Waals surface area contributed by atoms with Gasteiger partial charge in [0.2, 0.25) is 5.88 Å². The zero-order valence-corrected chi connectivity index (χ0v) is 11.1. The molecule has 1 aromatic heterocycles. The first-order valence-electron chi connectivity index (χ1n) is 6.06. The van der Waals surface area contributed by atoms with E-state index in [0.717, 1.165) is 18.2 Å². The number of hydrogen-bond acceptors (Lipinski definition) is 3. The molecule has 0 radical (unpaired) electrons. The Morgan fingerprint density at radius 3 is 2.39 bits per heavy atom. The average molecular weight is 338 g/mol. The van der Waals surface area contributed by atoms with E-state index in [4.69, 9.17) is 4.74 Å². The third kappa shape index (κ3) is 3.82. The number of H-pyrrole nitrogens is 1. The molecule has 10 heteroatoms. The minimum atomic E-state index is -4.83. The van der Waals surface area contributed by atoms with Crippen molar-refractivity contribution in [2.45, 2.75) is 18.8 Å². The number of aromatic nitrogens is 2. The van der Waals surface area contributed by atoms with Gasteiger partial charge in [0.05, 0.1) is 11.1 Å². The highest BCUT2D eigenvalue weighted by atomic mass is 19.4. The van der Waals surface area contributed by atoms with E-state index in [1.807, 2.05) is 5.10 Å². The number of hydrogen-bond donors (Lipinski definition) is 1. The van der Waals surface area contributed by atoms with Crippen LogP contribution in [0, 0.1) is 0 Å². The molecule has 0 fully saturated rings. The van der Waals surface area contributed by atoms with Crippen LogP contribution >= 0.6 is 0 Å². The second-order valence-corrected chi connectivity index (χ2v) is 4.38. The summed E-state index contributed by atoms with van der Waals surface area (Å²) in [6.07, 6.45) is -9.90. The molecule has 0 spiro atoms. The van der Waals surface area contributed by atoms with Crippen LogP contribution in [-0.4, -0.2) is 16.5 Å². The minimum Gasteiger partial charge on any atom is -0.439 e. The number of alkyl halides is 6. The lowest BCUT2D eigenvalue weighted by Crippen LogP contribution is -2.09. The fourth-order valence-corrected chi connectivity index (χ4v) is 1.79. The molecule has 1 aromatic carbocycles. The normalized spacial score (nSPS) is 12.3. The number of halogens is 6. The number of ether oxygens (including phenoxy) is 1. The Morgan fingerprint density at radius 1 is 1.13 bits per heavy atom. The molecule has 0 bridgehead atoms. The van der Waals surface area contributed by atoms with E-state index in [0.29, 0.717) is 6.07 Å². The molecule has 0 saturated carbocycles. The molecule has 4 nitrogen and oxygen atoms in total. The predicted molar refractivity (Wildman–Crippen MR) is 64.9 cm³/mol. The maximum Gasteiger partial charge on any atom is 0.435 e. The highest BCUT2D eigenvalue weighted by molar-refractivity contribution is 5.58. The summed E-state index contributed by atoms with van der Waals surface area (Å²) in [7, 11) is 0. The van der Waals surface area contributed by atoms with Crippen molar-refractivity contribution in [1.29, 1.82) is 0 Å². The number of rotatable bonds is 4. The van der Waals surface area contributed by atoms with Crippen molar-refractivity contribution < 1.29 is 35.9 Å². The van der Waals surface area contributed by atoms with E-state index in [2.05, 4.69) is 5.10 Å². The van der Waals surface area contributed by atoms with Gasteiger partial charge in [0, 0.05) is 6.42 Å². The Hall–Kier alpha value is -2.52. The minimum absolute atomic E-state index is 0.207. The van der Waals surface area contributed by atoms with Gasteiger partial charge in [-0.1, -0.05) is 6.07 Å². The van der Waals surface area contributed by atoms with Gasteiger partial charge in [-0.25, -0.2) is 5.10 Å². The summed E-state index contributed by atoms with van der Waals surface area (Å²) in [5.74, 6) is -0.881. The topological polar surface area (TPSA) is 55.0 Å². The second-order valence-electron chi connectivity index (χ2n) is 4.38. The lowest BCUT2D eigenvalue weighted by atomic mass is 10.2. The second kappa shape index (κ2) is 5.94. The third-order valence-electron chi connectivity index (χ3n) is 2.77. The maximum atomic E-state index is 12.7. The van der Waals surface area contributed by atoms with Gasteiger partial charge in [-0.3, -0.25) is 0 Å². The Kier molecular flexibility index (Phi) is 4.35. The highest BCUT2D eigenvalue weighted by Gasteiger charge is 2.38. The fourth-order valence-electron chi connectivity index (χ4n) is 1.79.